The molecule has 1 fully saturated rings. The standard InChI is InChI=1S/C23H29F2N3OS/c24-23(25)30-21-10-8-20(9-11-21)22(29)26-12-4-5-13-27-14-16-28(17-15-27)18-19-6-2-1-3-7-19/h1-3,6-11,23H,4-5,12-18H2,(H,26,29). The number of hydrogen-bond donors (Lipinski definition) is 1. The summed E-state index contributed by atoms with van der Waals surface area (Å²) >= 11 is 0.484. The molecule has 0 radical (unpaired) electrons. The van der Waals surface area contributed by atoms with Crippen LogP contribution < -0.4 is 5.32 Å². The zero-order chi connectivity index (χ0) is 21.2. The molecular weight excluding hydrogens is 404 g/mol. The lowest BCUT2D eigenvalue weighted by Crippen LogP contribution is -2.46. The van der Waals surface area contributed by atoms with Crippen LogP contribution in [0.2, 0.25) is 0 Å². The lowest BCUT2D eigenvalue weighted by molar-refractivity contribution is 0.0951. The van der Waals surface area contributed by atoms with E-state index in [9.17, 15) is 13.6 Å². The molecule has 162 valence electrons. The maximum Gasteiger partial charge on any atom is 0.288 e. The van der Waals surface area contributed by atoms with Crippen LogP contribution in [0.4, 0.5) is 8.78 Å². The van der Waals surface area contributed by atoms with Gasteiger partial charge in [0.1, 0.15) is 0 Å². The number of carbonyl (C=O) groups excluding carboxylic acids is 1. The highest BCUT2D eigenvalue weighted by atomic mass is 32.2. The molecule has 1 saturated heterocycles. The second-order valence-corrected chi connectivity index (χ2v) is 8.53. The average Bonchev–Trinajstić information content (AvgIpc) is 2.75. The van der Waals surface area contributed by atoms with Crippen LogP contribution in [-0.4, -0.2) is 60.7 Å². The Morgan fingerprint density at radius 1 is 0.933 bits per heavy atom. The van der Waals surface area contributed by atoms with E-state index in [0.29, 0.717) is 28.8 Å². The van der Waals surface area contributed by atoms with Gasteiger partial charge < -0.3 is 10.2 Å². The Hall–Kier alpha value is -1.96. The minimum atomic E-state index is -2.45. The van der Waals surface area contributed by atoms with E-state index in [1.807, 2.05) is 0 Å². The van der Waals surface area contributed by atoms with Gasteiger partial charge in [-0.1, -0.05) is 42.1 Å². The van der Waals surface area contributed by atoms with E-state index in [-0.39, 0.29) is 5.91 Å². The molecule has 3 rings (SSSR count). The molecule has 0 atom stereocenters. The van der Waals surface area contributed by atoms with E-state index in [4.69, 9.17) is 0 Å². The second kappa shape index (κ2) is 12.0. The predicted molar refractivity (Wildman–Crippen MR) is 118 cm³/mol. The number of unbranched alkanes of at least 4 members (excludes halogenated alkanes) is 1. The van der Waals surface area contributed by atoms with Crippen molar-refractivity contribution in [2.75, 3.05) is 39.3 Å². The minimum absolute atomic E-state index is 0.155. The van der Waals surface area contributed by atoms with E-state index >= 15 is 0 Å². The zero-order valence-electron chi connectivity index (χ0n) is 17.1. The third kappa shape index (κ3) is 7.70. The van der Waals surface area contributed by atoms with Crippen molar-refractivity contribution in [1.82, 2.24) is 15.1 Å². The van der Waals surface area contributed by atoms with Gasteiger partial charge in [-0.2, -0.15) is 8.78 Å². The van der Waals surface area contributed by atoms with E-state index in [0.717, 1.165) is 52.1 Å². The first-order chi connectivity index (χ1) is 14.6. The molecule has 1 aliphatic heterocycles. The number of piperazine rings is 1. The van der Waals surface area contributed by atoms with Gasteiger partial charge in [0.25, 0.3) is 11.7 Å². The molecular formula is C23H29F2N3OS. The second-order valence-electron chi connectivity index (χ2n) is 7.47. The van der Waals surface area contributed by atoms with Crippen molar-refractivity contribution >= 4 is 17.7 Å². The lowest BCUT2D eigenvalue weighted by Gasteiger charge is -2.34. The first-order valence-electron chi connectivity index (χ1n) is 10.4. The number of nitrogens with zero attached hydrogens (tertiary/aromatic N) is 2. The number of carbonyl (C=O) groups is 1. The summed E-state index contributed by atoms with van der Waals surface area (Å²) in [6, 6.07) is 16.9. The Morgan fingerprint density at radius 3 is 2.27 bits per heavy atom. The summed E-state index contributed by atoms with van der Waals surface area (Å²) < 4.78 is 24.7. The number of rotatable bonds is 10. The van der Waals surface area contributed by atoms with Gasteiger partial charge in [0.15, 0.2) is 0 Å². The fourth-order valence-electron chi connectivity index (χ4n) is 3.56. The van der Waals surface area contributed by atoms with Crippen LogP contribution >= 0.6 is 11.8 Å². The van der Waals surface area contributed by atoms with Crippen molar-refractivity contribution in [3.05, 3.63) is 65.7 Å². The third-order valence-corrected chi connectivity index (χ3v) is 5.96. The van der Waals surface area contributed by atoms with Crippen molar-refractivity contribution in [2.45, 2.75) is 30.0 Å². The molecule has 1 N–H and O–H groups in total. The van der Waals surface area contributed by atoms with Gasteiger partial charge in [0.2, 0.25) is 0 Å². The Morgan fingerprint density at radius 2 is 1.60 bits per heavy atom. The Labute approximate surface area is 181 Å². The summed E-state index contributed by atoms with van der Waals surface area (Å²) in [5.41, 5.74) is 1.87. The monoisotopic (exact) mass is 433 g/mol. The van der Waals surface area contributed by atoms with Crippen LogP contribution in [0, 0.1) is 0 Å². The summed E-state index contributed by atoms with van der Waals surface area (Å²) in [4.78, 5) is 17.6. The van der Waals surface area contributed by atoms with Crippen LogP contribution in [0.3, 0.4) is 0 Å². The molecule has 0 spiro atoms. The Balaban J connectivity index is 1.26. The fourth-order valence-corrected chi connectivity index (χ4v) is 4.06. The van der Waals surface area contributed by atoms with E-state index in [2.05, 4.69) is 45.4 Å². The van der Waals surface area contributed by atoms with Crippen molar-refractivity contribution in [1.29, 1.82) is 0 Å². The summed E-state index contributed by atoms with van der Waals surface area (Å²) in [6.07, 6.45) is 1.97. The Kier molecular flexibility index (Phi) is 9.11. The number of alkyl halides is 2. The molecule has 1 aliphatic rings. The molecule has 0 saturated carbocycles. The molecule has 0 unspecified atom stereocenters. The fraction of sp³-hybridized carbons (Fsp3) is 0.435. The quantitative estimate of drug-likeness (QED) is 0.447. The van der Waals surface area contributed by atoms with Crippen LogP contribution in [0.5, 0.6) is 0 Å². The molecule has 1 amide bonds. The molecule has 0 bridgehead atoms. The van der Waals surface area contributed by atoms with Gasteiger partial charge in [0.05, 0.1) is 0 Å². The van der Waals surface area contributed by atoms with Gasteiger partial charge in [-0.3, -0.25) is 9.69 Å². The van der Waals surface area contributed by atoms with E-state index < -0.39 is 5.76 Å². The van der Waals surface area contributed by atoms with Crippen molar-refractivity contribution in [3.8, 4) is 0 Å². The Bertz CT molecular complexity index is 766. The number of amides is 1. The summed E-state index contributed by atoms with van der Waals surface area (Å²) in [5, 5.41) is 2.91. The molecule has 7 heteroatoms. The third-order valence-electron chi connectivity index (χ3n) is 5.24. The maximum atomic E-state index is 12.3. The van der Waals surface area contributed by atoms with E-state index in [1.54, 1.807) is 24.3 Å². The van der Waals surface area contributed by atoms with Gasteiger partial charge in [0, 0.05) is 49.7 Å². The number of halogens is 2. The van der Waals surface area contributed by atoms with Crippen LogP contribution in [0.1, 0.15) is 28.8 Å². The van der Waals surface area contributed by atoms with Crippen molar-refractivity contribution < 1.29 is 13.6 Å². The number of hydrogen-bond acceptors (Lipinski definition) is 4. The molecule has 2 aromatic carbocycles. The van der Waals surface area contributed by atoms with Gasteiger partial charge in [-0.15, -0.1) is 0 Å². The SMILES string of the molecule is O=C(NCCCCN1CCN(Cc2ccccc2)CC1)c1ccc(SC(F)F)cc1. The normalized spacial score (nSPS) is 15.4. The number of thioether (sulfide) groups is 1. The van der Waals surface area contributed by atoms with Gasteiger partial charge in [-0.25, -0.2) is 0 Å². The van der Waals surface area contributed by atoms with Crippen LogP contribution in [0.25, 0.3) is 0 Å². The molecule has 0 aliphatic carbocycles. The van der Waals surface area contributed by atoms with E-state index in [1.165, 1.54) is 5.56 Å². The van der Waals surface area contributed by atoms with Crippen LogP contribution in [0.15, 0.2) is 59.5 Å². The maximum absolute atomic E-state index is 12.3. The molecule has 2 aromatic rings. The van der Waals surface area contributed by atoms with Gasteiger partial charge in [-0.05, 0) is 49.2 Å². The summed E-state index contributed by atoms with van der Waals surface area (Å²) in [5.74, 6) is -2.60. The highest BCUT2D eigenvalue weighted by Crippen LogP contribution is 2.25. The molecule has 1 heterocycles. The van der Waals surface area contributed by atoms with Gasteiger partial charge >= 0.3 is 0 Å². The largest absolute Gasteiger partial charge is 0.352 e. The average molecular weight is 434 g/mol. The van der Waals surface area contributed by atoms with Crippen molar-refractivity contribution in [3.63, 3.8) is 0 Å². The summed E-state index contributed by atoms with van der Waals surface area (Å²) in [6.45, 7) is 7.04. The zero-order valence-corrected chi connectivity index (χ0v) is 17.9. The molecule has 30 heavy (non-hydrogen) atoms. The smallest absolute Gasteiger partial charge is 0.288 e. The number of nitrogens with one attached hydrogen (secondary N) is 1. The first kappa shape index (κ1) is 22.7. The lowest BCUT2D eigenvalue weighted by atomic mass is 10.2. The first-order valence-corrected chi connectivity index (χ1v) is 11.3. The molecule has 0 aromatic heterocycles. The highest BCUT2D eigenvalue weighted by molar-refractivity contribution is 7.99. The molecule has 4 nitrogen and oxygen atoms in total. The predicted octanol–water partition coefficient (Wildman–Crippen LogP) is 4.33. The van der Waals surface area contributed by atoms with Crippen molar-refractivity contribution in [2.24, 2.45) is 0 Å². The topological polar surface area (TPSA) is 35.6 Å². The highest BCUT2D eigenvalue weighted by Gasteiger charge is 2.16. The minimum Gasteiger partial charge on any atom is -0.352 e. The summed E-state index contributed by atoms with van der Waals surface area (Å²) in [7, 11) is 0. The van der Waals surface area contributed by atoms with Crippen LogP contribution in [-0.2, 0) is 6.54 Å². The number of benzene rings is 2.